The highest BCUT2D eigenvalue weighted by atomic mass is 16.3. The van der Waals surface area contributed by atoms with Gasteiger partial charge in [-0.05, 0) is 32.0 Å². The van der Waals surface area contributed by atoms with Crippen LogP contribution in [0.15, 0.2) is 41.0 Å². The third kappa shape index (κ3) is 2.97. The summed E-state index contributed by atoms with van der Waals surface area (Å²) in [4.78, 5) is 18.6. The standard InChI is InChI=1S/C16H19N3O2/c1-17-13-7-9-19(10-8-13)16(20)14-11-21-15(18-14)12-5-3-2-4-6-12/h2-6,11,13,17H,7-10H2,1H3. The minimum Gasteiger partial charge on any atom is -0.444 e. The molecule has 110 valence electrons. The molecule has 0 saturated carbocycles. The maximum Gasteiger partial charge on any atom is 0.275 e. The van der Waals surface area contributed by atoms with Crippen LogP contribution in [0.1, 0.15) is 23.3 Å². The highest BCUT2D eigenvalue weighted by molar-refractivity contribution is 5.92. The van der Waals surface area contributed by atoms with Crippen LogP contribution in [0.2, 0.25) is 0 Å². The summed E-state index contributed by atoms with van der Waals surface area (Å²) in [7, 11) is 1.96. The normalized spacial score (nSPS) is 16.1. The number of carbonyl (C=O) groups excluding carboxylic acids is 1. The van der Waals surface area contributed by atoms with Crippen LogP contribution in [0.5, 0.6) is 0 Å². The molecule has 2 aromatic rings. The smallest absolute Gasteiger partial charge is 0.275 e. The zero-order valence-corrected chi connectivity index (χ0v) is 12.1. The van der Waals surface area contributed by atoms with E-state index in [1.165, 1.54) is 6.26 Å². The van der Waals surface area contributed by atoms with Gasteiger partial charge >= 0.3 is 0 Å². The first kappa shape index (κ1) is 13.8. The van der Waals surface area contributed by atoms with Crippen molar-refractivity contribution in [2.45, 2.75) is 18.9 Å². The number of rotatable bonds is 3. The molecule has 0 unspecified atom stereocenters. The molecule has 0 bridgehead atoms. The summed E-state index contributed by atoms with van der Waals surface area (Å²) in [6.45, 7) is 1.52. The van der Waals surface area contributed by atoms with E-state index in [4.69, 9.17) is 4.42 Å². The fourth-order valence-corrected chi connectivity index (χ4v) is 2.62. The number of nitrogens with one attached hydrogen (secondary N) is 1. The number of nitrogens with zero attached hydrogens (tertiary/aromatic N) is 2. The molecule has 1 saturated heterocycles. The molecule has 1 fully saturated rings. The molecule has 5 heteroatoms. The zero-order valence-electron chi connectivity index (χ0n) is 12.1. The predicted molar refractivity (Wildman–Crippen MR) is 79.9 cm³/mol. The SMILES string of the molecule is CNC1CCN(C(=O)c2coc(-c3ccccc3)n2)CC1. The van der Waals surface area contributed by atoms with Gasteiger partial charge in [0, 0.05) is 24.7 Å². The number of likely N-dealkylation sites (tertiary alicyclic amines) is 1. The van der Waals surface area contributed by atoms with E-state index in [1.807, 2.05) is 42.3 Å². The summed E-state index contributed by atoms with van der Waals surface area (Å²) >= 11 is 0. The molecular weight excluding hydrogens is 266 g/mol. The Balaban J connectivity index is 1.70. The lowest BCUT2D eigenvalue weighted by atomic mass is 10.1. The second kappa shape index (κ2) is 6.10. The van der Waals surface area contributed by atoms with Crippen LogP contribution >= 0.6 is 0 Å². The van der Waals surface area contributed by atoms with Crippen molar-refractivity contribution >= 4 is 5.91 Å². The van der Waals surface area contributed by atoms with Crippen molar-refractivity contribution < 1.29 is 9.21 Å². The Bertz CT molecular complexity index is 601. The molecule has 1 amide bonds. The maximum atomic E-state index is 12.4. The van der Waals surface area contributed by atoms with Crippen LogP contribution in [0, 0.1) is 0 Å². The number of benzene rings is 1. The van der Waals surface area contributed by atoms with Gasteiger partial charge in [-0.3, -0.25) is 4.79 Å². The fraction of sp³-hybridized carbons (Fsp3) is 0.375. The number of carbonyl (C=O) groups is 1. The van der Waals surface area contributed by atoms with Crippen molar-refractivity contribution in [1.29, 1.82) is 0 Å². The third-order valence-electron chi connectivity index (χ3n) is 3.93. The second-order valence-corrected chi connectivity index (χ2v) is 5.26. The van der Waals surface area contributed by atoms with Crippen LogP contribution in [0.25, 0.3) is 11.5 Å². The van der Waals surface area contributed by atoms with Crippen molar-refractivity contribution in [2.75, 3.05) is 20.1 Å². The zero-order chi connectivity index (χ0) is 14.7. The molecule has 1 N–H and O–H groups in total. The summed E-state index contributed by atoms with van der Waals surface area (Å²) in [5.74, 6) is 0.444. The van der Waals surface area contributed by atoms with Gasteiger partial charge in [-0.25, -0.2) is 4.98 Å². The van der Waals surface area contributed by atoms with Gasteiger partial charge < -0.3 is 14.6 Å². The number of amides is 1. The van der Waals surface area contributed by atoms with Gasteiger partial charge in [0.25, 0.3) is 5.91 Å². The van der Waals surface area contributed by atoms with E-state index in [0.717, 1.165) is 31.5 Å². The molecule has 1 aromatic heterocycles. The summed E-state index contributed by atoms with van der Waals surface area (Å²) in [6, 6.07) is 10.1. The number of oxazole rings is 1. The summed E-state index contributed by atoms with van der Waals surface area (Å²) < 4.78 is 5.43. The molecule has 0 atom stereocenters. The highest BCUT2D eigenvalue weighted by Gasteiger charge is 2.24. The minimum absolute atomic E-state index is 0.0458. The van der Waals surface area contributed by atoms with Gasteiger partial charge in [0.15, 0.2) is 5.69 Å². The Labute approximate surface area is 124 Å². The Morgan fingerprint density at radius 2 is 2.00 bits per heavy atom. The Hall–Kier alpha value is -2.14. The van der Waals surface area contributed by atoms with Crippen LogP contribution in [0.4, 0.5) is 0 Å². The maximum absolute atomic E-state index is 12.4. The predicted octanol–water partition coefficient (Wildman–Crippen LogP) is 2.17. The van der Waals surface area contributed by atoms with E-state index in [1.54, 1.807) is 0 Å². The first-order valence-corrected chi connectivity index (χ1v) is 7.25. The quantitative estimate of drug-likeness (QED) is 0.939. The monoisotopic (exact) mass is 285 g/mol. The minimum atomic E-state index is -0.0458. The Morgan fingerprint density at radius 3 is 2.67 bits per heavy atom. The van der Waals surface area contributed by atoms with E-state index in [9.17, 15) is 4.79 Å². The van der Waals surface area contributed by atoms with Gasteiger partial charge in [-0.1, -0.05) is 18.2 Å². The molecule has 1 aliphatic heterocycles. The Kier molecular flexibility index (Phi) is 4.01. The van der Waals surface area contributed by atoms with Gasteiger partial charge in [0.05, 0.1) is 0 Å². The van der Waals surface area contributed by atoms with E-state index >= 15 is 0 Å². The molecule has 3 rings (SSSR count). The second-order valence-electron chi connectivity index (χ2n) is 5.26. The summed E-state index contributed by atoms with van der Waals surface area (Å²) in [5, 5.41) is 3.26. The van der Waals surface area contributed by atoms with Crippen LogP contribution in [-0.2, 0) is 0 Å². The van der Waals surface area contributed by atoms with Gasteiger partial charge in [-0.2, -0.15) is 0 Å². The molecule has 1 aliphatic rings. The van der Waals surface area contributed by atoms with E-state index < -0.39 is 0 Å². The lowest BCUT2D eigenvalue weighted by Crippen LogP contribution is -2.44. The topological polar surface area (TPSA) is 58.4 Å². The lowest BCUT2D eigenvalue weighted by molar-refractivity contribution is 0.0701. The van der Waals surface area contributed by atoms with E-state index in [0.29, 0.717) is 17.6 Å². The molecule has 0 spiro atoms. The van der Waals surface area contributed by atoms with Gasteiger partial charge in [0.1, 0.15) is 6.26 Å². The average Bonchev–Trinajstić information content (AvgIpc) is 3.05. The van der Waals surface area contributed by atoms with Crippen molar-refractivity contribution in [1.82, 2.24) is 15.2 Å². The van der Waals surface area contributed by atoms with Gasteiger partial charge in [-0.15, -0.1) is 0 Å². The third-order valence-corrected chi connectivity index (χ3v) is 3.93. The van der Waals surface area contributed by atoms with Crippen molar-refractivity contribution in [3.05, 3.63) is 42.3 Å². The first-order valence-electron chi connectivity index (χ1n) is 7.25. The van der Waals surface area contributed by atoms with Gasteiger partial charge in [0.2, 0.25) is 5.89 Å². The molecule has 1 aromatic carbocycles. The van der Waals surface area contributed by atoms with E-state index in [-0.39, 0.29) is 5.91 Å². The molecule has 0 aliphatic carbocycles. The molecule has 0 radical (unpaired) electrons. The number of hydrogen-bond acceptors (Lipinski definition) is 4. The summed E-state index contributed by atoms with van der Waals surface area (Å²) in [5.41, 5.74) is 1.27. The van der Waals surface area contributed by atoms with E-state index in [2.05, 4.69) is 10.3 Å². The van der Waals surface area contributed by atoms with Crippen LogP contribution < -0.4 is 5.32 Å². The number of piperidine rings is 1. The molecule has 2 heterocycles. The largest absolute Gasteiger partial charge is 0.444 e. The van der Waals surface area contributed by atoms with Crippen LogP contribution in [-0.4, -0.2) is 42.0 Å². The molecule has 21 heavy (non-hydrogen) atoms. The van der Waals surface area contributed by atoms with Crippen molar-refractivity contribution in [2.24, 2.45) is 0 Å². The highest BCUT2D eigenvalue weighted by Crippen LogP contribution is 2.20. The average molecular weight is 285 g/mol. The fourth-order valence-electron chi connectivity index (χ4n) is 2.62. The summed E-state index contributed by atoms with van der Waals surface area (Å²) in [6.07, 6.45) is 3.41. The van der Waals surface area contributed by atoms with Crippen molar-refractivity contribution in [3.8, 4) is 11.5 Å². The van der Waals surface area contributed by atoms with Crippen molar-refractivity contribution in [3.63, 3.8) is 0 Å². The molecular formula is C16H19N3O2. The molecule has 5 nitrogen and oxygen atoms in total. The first-order chi connectivity index (χ1) is 10.3. The number of hydrogen-bond donors (Lipinski definition) is 1. The lowest BCUT2D eigenvalue weighted by Gasteiger charge is -2.31. The van der Waals surface area contributed by atoms with Crippen LogP contribution in [0.3, 0.4) is 0 Å². The Morgan fingerprint density at radius 1 is 1.29 bits per heavy atom. The number of aromatic nitrogens is 1.